The van der Waals surface area contributed by atoms with E-state index in [2.05, 4.69) is 144 Å². The fourth-order valence-electron chi connectivity index (χ4n) is 6.37. The number of furan rings is 1. The van der Waals surface area contributed by atoms with Gasteiger partial charge < -0.3 is 4.98 Å². The van der Waals surface area contributed by atoms with Crippen molar-refractivity contribution >= 4 is 74.4 Å². The Morgan fingerprint density at radius 2 is 1.53 bits per heavy atom. The second-order valence-corrected chi connectivity index (χ2v) is 31.1. The first kappa shape index (κ1) is 35.5. The number of rotatable bonds is 5. The summed E-state index contributed by atoms with van der Waals surface area (Å²) in [5.74, 6) is 6.50. The predicted octanol–water partition coefficient (Wildman–Crippen LogP) is 11.5. The standard InChI is InChI=1S/C23H24GeNO.C22H20NSi.Ir/c1-15(2)16-11-12-25-21(13-16)20-8-6-7-19-18-10-9-17(24(3,4)5)14-22(18)26-23(19)20;1-24(2,3)19-11-13-22(23-15-19)18-10-12-21-17(14-18)9-8-16-6-4-5-7-20(16)21;/h6-7,9-15H,1-5H3;4-9,11-15H,1-3H3;/q2*-1;/i15D;;. The van der Waals surface area contributed by atoms with Gasteiger partial charge in [0.2, 0.25) is 0 Å². The van der Waals surface area contributed by atoms with Crippen LogP contribution in [0.5, 0.6) is 0 Å². The Morgan fingerprint density at radius 3 is 2.25 bits per heavy atom. The van der Waals surface area contributed by atoms with E-state index in [1.165, 1.54) is 31.1 Å². The maximum Gasteiger partial charge on any atom is 0 e. The van der Waals surface area contributed by atoms with Gasteiger partial charge in [0.15, 0.2) is 0 Å². The largest absolute Gasteiger partial charge is 0 e. The van der Waals surface area contributed by atoms with Crippen molar-refractivity contribution < 1.29 is 25.9 Å². The average molecular weight is 923 g/mol. The van der Waals surface area contributed by atoms with E-state index in [1.54, 1.807) is 6.20 Å². The molecule has 0 amide bonds. The van der Waals surface area contributed by atoms with Crippen molar-refractivity contribution in [3.8, 4) is 22.5 Å². The maximum absolute atomic E-state index is 8.31. The summed E-state index contributed by atoms with van der Waals surface area (Å²) in [6.45, 7) is 10.8. The zero-order valence-corrected chi connectivity index (χ0v) is 36.1. The van der Waals surface area contributed by atoms with Crippen molar-refractivity contribution in [3.63, 3.8) is 0 Å². The number of benzene rings is 5. The maximum atomic E-state index is 8.31. The van der Waals surface area contributed by atoms with Crippen LogP contribution in [0.25, 0.3) is 66.0 Å². The Balaban J connectivity index is 0.000000176. The molecule has 0 unspecified atom stereocenters. The molecule has 0 aliphatic carbocycles. The first-order valence-corrected chi connectivity index (χ1v) is 28.2. The van der Waals surface area contributed by atoms with Crippen molar-refractivity contribution in [2.24, 2.45) is 0 Å². The van der Waals surface area contributed by atoms with Gasteiger partial charge in [-0.3, -0.25) is 0 Å². The van der Waals surface area contributed by atoms with Gasteiger partial charge in [0.25, 0.3) is 0 Å². The summed E-state index contributed by atoms with van der Waals surface area (Å²) in [5, 5.41) is 8.63. The fraction of sp³-hybridized carbons (Fsp3) is 0.200. The Hall–Kier alpha value is -3.87. The third-order valence-electron chi connectivity index (χ3n) is 9.47. The fourth-order valence-corrected chi connectivity index (χ4v) is 9.81. The topological polar surface area (TPSA) is 38.9 Å². The van der Waals surface area contributed by atoms with Crippen LogP contribution in [-0.2, 0) is 20.1 Å². The number of aromatic nitrogens is 2. The molecule has 6 heteroatoms. The van der Waals surface area contributed by atoms with Crippen LogP contribution in [0.2, 0.25) is 36.9 Å². The van der Waals surface area contributed by atoms with Crippen molar-refractivity contribution in [1.82, 2.24) is 9.97 Å². The van der Waals surface area contributed by atoms with Crippen LogP contribution in [0.4, 0.5) is 0 Å². The van der Waals surface area contributed by atoms with Crippen LogP contribution in [-0.4, -0.2) is 31.3 Å². The van der Waals surface area contributed by atoms with E-state index in [0.717, 1.165) is 50.0 Å². The molecular formula is C45H44GeIrN2OSi-2. The molecule has 0 fully saturated rings. The molecule has 3 heterocycles. The molecule has 0 bridgehead atoms. The van der Waals surface area contributed by atoms with Crippen LogP contribution in [0, 0.1) is 12.1 Å². The molecule has 0 spiro atoms. The monoisotopic (exact) mass is 924 g/mol. The van der Waals surface area contributed by atoms with Crippen LogP contribution in [0.15, 0.2) is 120 Å². The van der Waals surface area contributed by atoms with Gasteiger partial charge in [0.1, 0.15) is 0 Å². The van der Waals surface area contributed by atoms with Gasteiger partial charge in [-0.05, 0) is 16.3 Å². The predicted molar refractivity (Wildman–Crippen MR) is 219 cm³/mol. The van der Waals surface area contributed by atoms with Gasteiger partial charge >= 0.3 is 159 Å². The molecule has 0 N–H and O–H groups in total. The van der Waals surface area contributed by atoms with Crippen molar-refractivity contribution in [1.29, 1.82) is 0 Å². The molecule has 1 radical (unpaired) electrons. The van der Waals surface area contributed by atoms with Crippen molar-refractivity contribution in [2.45, 2.75) is 56.7 Å². The van der Waals surface area contributed by atoms with Crippen molar-refractivity contribution in [2.75, 3.05) is 0 Å². The van der Waals surface area contributed by atoms with Crippen LogP contribution in [0.3, 0.4) is 0 Å². The Morgan fingerprint density at radius 1 is 0.745 bits per heavy atom. The first-order chi connectivity index (χ1) is 24.2. The van der Waals surface area contributed by atoms with Gasteiger partial charge in [-0.15, -0.1) is 29.1 Å². The molecule has 3 nitrogen and oxygen atoms in total. The van der Waals surface area contributed by atoms with Crippen molar-refractivity contribution in [3.05, 3.63) is 133 Å². The summed E-state index contributed by atoms with van der Waals surface area (Å²) in [4.78, 5) is 9.22. The number of hydrogen-bond acceptors (Lipinski definition) is 3. The number of nitrogens with zero attached hydrogens (tertiary/aromatic N) is 2. The summed E-state index contributed by atoms with van der Waals surface area (Å²) in [7, 11) is -1.30. The minimum Gasteiger partial charge on any atom is 0 e. The zero-order valence-electron chi connectivity index (χ0n) is 31.6. The molecular weight excluding hydrogens is 877 g/mol. The molecule has 51 heavy (non-hydrogen) atoms. The van der Waals surface area contributed by atoms with E-state index >= 15 is 0 Å². The number of pyridine rings is 2. The third kappa shape index (κ3) is 7.68. The number of fused-ring (bicyclic) bond motifs is 6. The van der Waals surface area contributed by atoms with E-state index in [0.29, 0.717) is 0 Å². The molecule has 0 saturated heterocycles. The van der Waals surface area contributed by atoms with Gasteiger partial charge in [-0.1, -0.05) is 78.9 Å². The normalized spacial score (nSPS) is 12.4. The van der Waals surface area contributed by atoms with E-state index in [4.69, 9.17) is 5.79 Å². The smallest absolute Gasteiger partial charge is 0 e. The summed E-state index contributed by atoms with van der Waals surface area (Å²) in [6, 6.07) is 42.8. The first-order valence-electron chi connectivity index (χ1n) is 17.8. The van der Waals surface area contributed by atoms with Gasteiger partial charge in [0.05, 0.1) is 8.07 Å². The zero-order chi connectivity index (χ0) is 36.1. The molecule has 3 aromatic heterocycles. The van der Waals surface area contributed by atoms with Gasteiger partial charge in [-0.25, -0.2) is 0 Å². The van der Waals surface area contributed by atoms with Crippen LogP contribution >= 0.6 is 0 Å². The van der Waals surface area contributed by atoms with E-state index in [-0.39, 0.29) is 20.1 Å². The average Bonchev–Trinajstić information content (AvgIpc) is 3.49. The van der Waals surface area contributed by atoms with E-state index in [1.807, 2.05) is 38.2 Å². The molecule has 0 aliphatic heterocycles. The second-order valence-electron chi connectivity index (χ2n) is 15.4. The molecule has 8 aromatic rings. The Labute approximate surface area is 320 Å². The summed E-state index contributed by atoms with van der Waals surface area (Å²) in [6.07, 6.45) is 3.81. The third-order valence-corrected chi connectivity index (χ3v) is 15.8. The van der Waals surface area contributed by atoms with E-state index in [9.17, 15) is 0 Å². The Bertz CT molecular complexity index is 2540. The molecule has 8 rings (SSSR count). The van der Waals surface area contributed by atoms with Gasteiger partial charge in [-0.2, -0.15) is 0 Å². The SMILES string of the molecule is C[Si](C)(C)c1ccc(-c2[c-]cc3c(ccc4ccccc43)c2)nc1.[2H]C(C)(C)c1ccnc(-c2[c-]ccc3c2oc2c[c]([Ge]([CH3])([CH3])[CH3])ccc23)c1.[Ir]. The summed E-state index contributed by atoms with van der Waals surface area (Å²) in [5.41, 5.74) is 6.38. The van der Waals surface area contributed by atoms with Crippen LogP contribution < -0.4 is 9.58 Å². The second kappa shape index (κ2) is 14.6. The number of hydrogen-bond donors (Lipinski definition) is 0. The Kier molecular flexibility index (Phi) is 10.2. The molecule has 0 saturated carbocycles. The van der Waals surface area contributed by atoms with Gasteiger partial charge in [0, 0.05) is 26.3 Å². The van der Waals surface area contributed by atoms with E-state index < -0.39 is 27.2 Å². The molecule has 0 atom stereocenters. The quantitative estimate of drug-likeness (QED) is 0.0981. The molecule has 259 valence electrons. The summed E-state index contributed by atoms with van der Waals surface area (Å²) < 4.78 is 16.1. The van der Waals surface area contributed by atoms with Crippen LogP contribution in [0.1, 0.15) is 26.7 Å². The molecule has 0 aliphatic rings. The minimum atomic E-state index is -1.92. The molecule has 5 aromatic carbocycles. The minimum absolute atomic E-state index is 0. The summed E-state index contributed by atoms with van der Waals surface area (Å²) >= 11 is -1.92.